The molecule has 92 valence electrons. The van der Waals surface area contributed by atoms with Crippen LogP contribution in [0.1, 0.15) is 32.1 Å². The SMILES string of the molecule is COC(=O)[C@H]1CCCCN1C1CCOCC1. The lowest BCUT2D eigenvalue weighted by Crippen LogP contribution is -2.52. The van der Waals surface area contributed by atoms with E-state index in [0.29, 0.717) is 6.04 Å². The normalized spacial score (nSPS) is 28.9. The van der Waals surface area contributed by atoms with Crippen molar-refractivity contribution in [3.8, 4) is 0 Å². The van der Waals surface area contributed by atoms with Gasteiger partial charge in [0.1, 0.15) is 6.04 Å². The van der Waals surface area contributed by atoms with Crippen LogP contribution in [0.15, 0.2) is 0 Å². The van der Waals surface area contributed by atoms with Gasteiger partial charge in [-0.15, -0.1) is 0 Å². The van der Waals surface area contributed by atoms with Crippen LogP contribution in [-0.2, 0) is 14.3 Å². The molecular weight excluding hydrogens is 206 g/mol. The molecule has 2 rings (SSSR count). The summed E-state index contributed by atoms with van der Waals surface area (Å²) < 4.78 is 10.3. The van der Waals surface area contributed by atoms with Crippen LogP contribution in [0.2, 0.25) is 0 Å². The van der Waals surface area contributed by atoms with Gasteiger partial charge in [-0.25, -0.2) is 0 Å². The van der Waals surface area contributed by atoms with Crippen LogP contribution in [0.3, 0.4) is 0 Å². The van der Waals surface area contributed by atoms with Gasteiger partial charge in [0, 0.05) is 19.3 Å². The average molecular weight is 227 g/mol. The first-order valence-electron chi connectivity index (χ1n) is 6.24. The third-order valence-electron chi connectivity index (χ3n) is 3.68. The largest absolute Gasteiger partial charge is 0.468 e. The van der Waals surface area contributed by atoms with Gasteiger partial charge in [-0.05, 0) is 32.2 Å². The Labute approximate surface area is 96.9 Å². The van der Waals surface area contributed by atoms with Crippen LogP contribution in [0, 0.1) is 0 Å². The molecule has 0 aliphatic carbocycles. The van der Waals surface area contributed by atoms with Gasteiger partial charge in [-0.2, -0.15) is 0 Å². The minimum atomic E-state index is -0.0637. The molecule has 0 saturated carbocycles. The fourth-order valence-corrected chi connectivity index (χ4v) is 2.80. The molecule has 0 aromatic rings. The molecule has 2 heterocycles. The number of carbonyl (C=O) groups is 1. The summed E-state index contributed by atoms with van der Waals surface area (Å²) in [5, 5.41) is 0. The molecule has 4 nitrogen and oxygen atoms in total. The first-order chi connectivity index (χ1) is 7.83. The van der Waals surface area contributed by atoms with Crippen LogP contribution in [0.25, 0.3) is 0 Å². The number of hydrogen-bond acceptors (Lipinski definition) is 4. The highest BCUT2D eigenvalue weighted by molar-refractivity contribution is 5.75. The second-order valence-corrected chi connectivity index (χ2v) is 4.62. The lowest BCUT2D eigenvalue weighted by atomic mass is 9.96. The number of carbonyl (C=O) groups excluding carboxylic acids is 1. The fraction of sp³-hybridized carbons (Fsp3) is 0.917. The Morgan fingerprint density at radius 3 is 2.69 bits per heavy atom. The molecule has 0 aromatic carbocycles. The molecule has 2 fully saturated rings. The van der Waals surface area contributed by atoms with Gasteiger partial charge in [-0.3, -0.25) is 9.69 Å². The summed E-state index contributed by atoms with van der Waals surface area (Å²) in [6, 6.07) is 0.500. The summed E-state index contributed by atoms with van der Waals surface area (Å²) in [5.41, 5.74) is 0. The van der Waals surface area contributed by atoms with Crippen LogP contribution in [0.4, 0.5) is 0 Å². The maximum Gasteiger partial charge on any atom is 0.323 e. The number of esters is 1. The number of ether oxygens (including phenoxy) is 2. The van der Waals surface area contributed by atoms with E-state index in [1.807, 2.05) is 0 Å². The zero-order chi connectivity index (χ0) is 11.4. The quantitative estimate of drug-likeness (QED) is 0.664. The Morgan fingerprint density at radius 1 is 1.25 bits per heavy atom. The van der Waals surface area contributed by atoms with Crippen molar-refractivity contribution >= 4 is 5.97 Å². The maximum atomic E-state index is 11.7. The average Bonchev–Trinajstić information content (AvgIpc) is 2.39. The summed E-state index contributed by atoms with van der Waals surface area (Å²) in [7, 11) is 1.49. The Balaban J connectivity index is 2.00. The number of methoxy groups -OCH3 is 1. The monoisotopic (exact) mass is 227 g/mol. The fourth-order valence-electron chi connectivity index (χ4n) is 2.80. The second-order valence-electron chi connectivity index (χ2n) is 4.62. The molecule has 0 amide bonds. The van der Waals surface area contributed by atoms with E-state index in [4.69, 9.17) is 9.47 Å². The molecule has 0 aromatic heterocycles. The van der Waals surface area contributed by atoms with Crippen molar-refractivity contribution in [2.45, 2.75) is 44.2 Å². The van der Waals surface area contributed by atoms with Gasteiger partial charge in [0.05, 0.1) is 7.11 Å². The first kappa shape index (κ1) is 11.9. The topological polar surface area (TPSA) is 38.8 Å². The number of piperidine rings is 1. The smallest absolute Gasteiger partial charge is 0.323 e. The van der Waals surface area contributed by atoms with Crippen molar-refractivity contribution in [1.82, 2.24) is 4.90 Å². The van der Waals surface area contributed by atoms with Crippen molar-refractivity contribution in [2.24, 2.45) is 0 Å². The molecule has 0 spiro atoms. The van der Waals surface area contributed by atoms with Crippen LogP contribution < -0.4 is 0 Å². The molecule has 4 heteroatoms. The summed E-state index contributed by atoms with van der Waals surface area (Å²) in [6.45, 7) is 2.69. The Hall–Kier alpha value is -0.610. The molecule has 0 radical (unpaired) electrons. The first-order valence-corrected chi connectivity index (χ1v) is 6.24. The van der Waals surface area contributed by atoms with Gasteiger partial charge in [0.15, 0.2) is 0 Å². The minimum absolute atomic E-state index is 0.0122. The minimum Gasteiger partial charge on any atom is -0.468 e. The van der Waals surface area contributed by atoms with Crippen molar-refractivity contribution in [1.29, 1.82) is 0 Å². The van der Waals surface area contributed by atoms with Crippen molar-refractivity contribution in [3.63, 3.8) is 0 Å². The van der Waals surface area contributed by atoms with E-state index >= 15 is 0 Å². The van der Waals surface area contributed by atoms with Crippen molar-refractivity contribution < 1.29 is 14.3 Å². The van der Waals surface area contributed by atoms with E-state index in [0.717, 1.165) is 45.4 Å². The Bertz CT molecular complexity index is 238. The summed E-state index contributed by atoms with van der Waals surface area (Å²) in [4.78, 5) is 14.1. The lowest BCUT2D eigenvalue weighted by Gasteiger charge is -2.41. The molecule has 0 unspecified atom stereocenters. The highest BCUT2D eigenvalue weighted by Gasteiger charge is 2.34. The number of rotatable bonds is 2. The molecular formula is C12H21NO3. The zero-order valence-corrected chi connectivity index (χ0v) is 9.98. The van der Waals surface area contributed by atoms with Gasteiger partial charge >= 0.3 is 5.97 Å². The molecule has 0 N–H and O–H groups in total. The van der Waals surface area contributed by atoms with Crippen molar-refractivity contribution in [2.75, 3.05) is 26.9 Å². The van der Waals surface area contributed by atoms with E-state index in [2.05, 4.69) is 4.90 Å². The van der Waals surface area contributed by atoms with E-state index < -0.39 is 0 Å². The molecule has 1 atom stereocenters. The maximum absolute atomic E-state index is 11.7. The van der Waals surface area contributed by atoms with Gasteiger partial charge in [0.2, 0.25) is 0 Å². The molecule has 2 aliphatic heterocycles. The van der Waals surface area contributed by atoms with Crippen molar-refractivity contribution in [3.05, 3.63) is 0 Å². The van der Waals surface area contributed by atoms with Gasteiger partial charge < -0.3 is 9.47 Å². The van der Waals surface area contributed by atoms with Gasteiger partial charge in [0.25, 0.3) is 0 Å². The van der Waals surface area contributed by atoms with E-state index in [1.54, 1.807) is 0 Å². The Morgan fingerprint density at radius 2 is 2.00 bits per heavy atom. The van der Waals surface area contributed by atoms with E-state index in [-0.39, 0.29) is 12.0 Å². The summed E-state index contributed by atoms with van der Waals surface area (Å²) in [6.07, 6.45) is 5.38. The van der Waals surface area contributed by atoms with E-state index in [9.17, 15) is 4.79 Å². The third-order valence-corrected chi connectivity index (χ3v) is 3.68. The molecule has 2 aliphatic rings. The predicted octanol–water partition coefficient (Wildman–Crippen LogP) is 1.19. The summed E-state index contributed by atoms with van der Waals surface area (Å²) >= 11 is 0. The lowest BCUT2D eigenvalue weighted by molar-refractivity contribution is -0.150. The van der Waals surface area contributed by atoms with Crippen LogP contribution in [-0.4, -0.2) is 49.8 Å². The standard InChI is InChI=1S/C12H21NO3/c1-15-12(14)11-4-2-3-7-13(11)10-5-8-16-9-6-10/h10-11H,2-9H2,1H3/t11-/m1/s1. The highest BCUT2D eigenvalue weighted by atomic mass is 16.5. The molecule has 16 heavy (non-hydrogen) atoms. The number of likely N-dealkylation sites (tertiary alicyclic amines) is 1. The van der Waals surface area contributed by atoms with Crippen LogP contribution >= 0.6 is 0 Å². The molecule has 2 saturated heterocycles. The van der Waals surface area contributed by atoms with Gasteiger partial charge in [-0.1, -0.05) is 6.42 Å². The zero-order valence-electron chi connectivity index (χ0n) is 9.98. The van der Waals surface area contributed by atoms with E-state index in [1.165, 1.54) is 13.5 Å². The van der Waals surface area contributed by atoms with Crippen LogP contribution in [0.5, 0.6) is 0 Å². The summed E-state index contributed by atoms with van der Waals surface area (Å²) in [5.74, 6) is -0.0637. The predicted molar refractivity (Wildman–Crippen MR) is 60.2 cm³/mol. The molecule has 0 bridgehead atoms. The number of nitrogens with zero attached hydrogens (tertiary/aromatic N) is 1. The Kier molecular flexibility index (Phi) is 4.18. The highest BCUT2D eigenvalue weighted by Crippen LogP contribution is 2.25. The third kappa shape index (κ3) is 2.55. The number of hydrogen-bond donors (Lipinski definition) is 0. The second kappa shape index (κ2) is 5.64.